The molecule has 4 aromatic heterocycles. The van der Waals surface area contributed by atoms with Gasteiger partial charge in [0.05, 0.1) is 33.6 Å². The largest absolute Gasteiger partial charge is 0.464 e. The topological polar surface area (TPSA) is 21.4 Å². The summed E-state index contributed by atoms with van der Waals surface area (Å²) in [6, 6.07) is 19.7. The number of hydrogen-bond donors (Lipinski definition) is 0. The lowest BCUT2D eigenvalue weighted by Crippen LogP contribution is -2.28. The van der Waals surface area contributed by atoms with E-state index in [1.165, 1.54) is 54.6 Å². The van der Waals surface area contributed by atoms with Gasteiger partial charge in [0.25, 0.3) is 0 Å². The number of para-hydroxylation sites is 1. The number of fused-ring (bicyclic) bond motifs is 8. The molecule has 7 rings (SSSR count). The quantitative estimate of drug-likeness (QED) is 0.188. The zero-order valence-electron chi connectivity index (χ0n) is 15.7. The Morgan fingerprint density at radius 2 is 1.71 bits per heavy atom. The summed E-state index contributed by atoms with van der Waals surface area (Å²) in [5.74, 6) is 0. The number of hydrogen-bond acceptors (Lipinski definition) is 1. The van der Waals surface area contributed by atoms with Crippen LogP contribution in [0.4, 0.5) is 0 Å². The lowest BCUT2D eigenvalue weighted by atomic mass is 9.98. The number of rotatable bonds is 0. The highest BCUT2D eigenvalue weighted by Gasteiger charge is 2.25. The van der Waals surface area contributed by atoms with Crippen molar-refractivity contribution in [3.05, 3.63) is 72.6 Å². The molecular formula is C25H17N2O+. The molecule has 0 radical (unpaired) electrons. The van der Waals surface area contributed by atoms with E-state index in [1.54, 1.807) is 6.26 Å². The first kappa shape index (κ1) is 14.5. The Kier molecular flexibility index (Phi) is 2.39. The van der Waals surface area contributed by atoms with Crippen LogP contribution in [0.1, 0.15) is 5.56 Å². The van der Waals surface area contributed by atoms with Gasteiger partial charge in [-0.25, -0.2) is 4.57 Å². The lowest BCUT2D eigenvalue weighted by molar-refractivity contribution is -0.643. The van der Waals surface area contributed by atoms with Gasteiger partial charge >= 0.3 is 0 Å². The molecule has 0 saturated carbocycles. The van der Waals surface area contributed by atoms with Crippen molar-refractivity contribution in [2.75, 3.05) is 0 Å². The molecule has 0 N–H and O–H groups in total. The summed E-state index contributed by atoms with van der Waals surface area (Å²) in [5, 5.41) is 7.67. The molecule has 0 saturated heterocycles. The minimum absolute atomic E-state index is 0.941. The molecule has 3 aromatic carbocycles. The molecule has 0 fully saturated rings. The van der Waals surface area contributed by atoms with E-state index < -0.39 is 0 Å². The van der Waals surface area contributed by atoms with E-state index in [0.29, 0.717) is 0 Å². The Morgan fingerprint density at radius 3 is 2.64 bits per heavy atom. The van der Waals surface area contributed by atoms with Crippen LogP contribution < -0.4 is 4.57 Å². The third-order valence-electron chi connectivity index (χ3n) is 6.33. The van der Waals surface area contributed by atoms with Crippen LogP contribution in [0.15, 0.2) is 71.5 Å². The highest BCUT2D eigenvalue weighted by Crippen LogP contribution is 2.42. The number of nitrogens with zero attached hydrogens (tertiary/aromatic N) is 2. The summed E-state index contributed by atoms with van der Waals surface area (Å²) < 4.78 is 10.5. The predicted molar refractivity (Wildman–Crippen MR) is 114 cm³/mol. The summed E-state index contributed by atoms with van der Waals surface area (Å²) in [5.41, 5.74) is 7.24. The Labute approximate surface area is 160 Å². The second-order valence-electron chi connectivity index (χ2n) is 7.80. The Bertz CT molecular complexity index is 1730. The van der Waals surface area contributed by atoms with E-state index in [4.69, 9.17) is 4.42 Å². The van der Waals surface area contributed by atoms with E-state index in [2.05, 4.69) is 83.7 Å². The predicted octanol–water partition coefficient (Wildman–Crippen LogP) is 5.87. The fourth-order valence-electron chi connectivity index (χ4n) is 5.19. The van der Waals surface area contributed by atoms with Gasteiger partial charge in [-0.15, -0.1) is 0 Å². The van der Waals surface area contributed by atoms with E-state index in [0.717, 1.165) is 11.0 Å². The monoisotopic (exact) mass is 361 g/mol. The highest BCUT2D eigenvalue weighted by atomic mass is 16.3. The van der Waals surface area contributed by atoms with E-state index in [-0.39, 0.29) is 0 Å². The molecule has 0 atom stereocenters. The van der Waals surface area contributed by atoms with Crippen molar-refractivity contribution in [2.45, 2.75) is 6.92 Å². The van der Waals surface area contributed by atoms with Crippen molar-refractivity contribution in [3.8, 4) is 0 Å². The molecule has 4 heterocycles. The fraction of sp³-hybridized carbons (Fsp3) is 0.0800. The average molecular weight is 361 g/mol. The zero-order chi connectivity index (χ0) is 18.6. The van der Waals surface area contributed by atoms with E-state index in [1.807, 2.05) is 0 Å². The molecule has 0 aliphatic heterocycles. The van der Waals surface area contributed by atoms with Crippen molar-refractivity contribution < 1.29 is 8.98 Å². The normalized spacial score (nSPS) is 12.6. The molecule has 0 unspecified atom stereocenters. The van der Waals surface area contributed by atoms with Crippen molar-refractivity contribution in [2.24, 2.45) is 7.05 Å². The van der Waals surface area contributed by atoms with Crippen LogP contribution >= 0.6 is 0 Å². The molecule has 0 bridgehead atoms. The third kappa shape index (κ3) is 1.48. The minimum atomic E-state index is 0.941. The molecular weight excluding hydrogens is 344 g/mol. The summed E-state index contributed by atoms with van der Waals surface area (Å²) in [6.07, 6.45) is 3.97. The Morgan fingerprint density at radius 1 is 0.857 bits per heavy atom. The number of benzene rings is 3. The van der Waals surface area contributed by atoms with Crippen molar-refractivity contribution in [3.63, 3.8) is 0 Å². The first-order valence-electron chi connectivity index (χ1n) is 9.60. The van der Waals surface area contributed by atoms with Gasteiger partial charge in [0.1, 0.15) is 12.6 Å². The maximum Gasteiger partial charge on any atom is 0.224 e. The molecule has 132 valence electrons. The number of aryl methyl sites for hydroxylation is 2. The van der Waals surface area contributed by atoms with Crippen LogP contribution in [0.2, 0.25) is 0 Å². The van der Waals surface area contributed by atoms with Crippen LogP contribution in [0.25, 0.3) is 60.0 Å². The molecule has 0 amide bonds. The van der Waals surface area contributed by atoms with Crippen LogP contribution in [-0.4, -0.2) is 4.40 Å². The first-order chi connectivity index (χ1) is 13.7. The van der Waals surface area contributed by atoms with Gasteiger partial charge in [-0.2, -0.15) is 0 Å². The molecule has 0 aliphatic rings. The molecule has 3 heteroatoms. The van der Waals surface area contributed by atoms with Crippen LogP contribution in [0.3, 0.4) is 0 Å². The molecule has 7 aromatic rings. The molecule has 0 spiro atoms. The van der Waals surface area contributed by atoms with Gasteiger partial charge in [0, 0.05) is 22.2 Å². The zero-order valence-corrected chi connectivity index (χ0v) is 15.7. The molecule has 28 heavy (non-hydrogen) atoms. The summed E-state index contributed by atoms with van der Waals surface area (Å²) >= 11 is 0. The minimum Gasteiger partial charge on any atom is -0.464 e. The van der Waals surface area contributed by atoms with E-state index in [9.17, 15) is 0 Å². The highest BCUT2D eigenvalue weighted by molar-refractivity contribution is 6.29. The summed E-state index contributed by atoms with van der Waals surface area (Å²) in [6.45, 7) is 2.19. The first-order valence-corrected chi connectivity index (χ1v) is 9.60. The van der Waals surface area contributed by atoms with Crippen LogP contribution in [0, 0.1) is 6.92 Å². The SMILES string of the molecule is Cc1cc2occc2c2c1c1c3c(ccc4c5ccccc5n2c43)cc[n+]1C. The van der Waals surface area contributed by atoms with Gasteiger partial charge in [-0.1, -0.05) is 30.3 Å². The molecule has 0 aliphatic carbocycles. The number of pyridine rings is 2. The van der Waals surface area contributed by atoms with Crippen molar-refractivity contribution >= 4 is 60.0 Å². The van der Waals surface area contributed by atoms with Gasteiger partial charge in [0.2, 0.25) is 5.52 Å². The number of aromatic nitrogens is 2. The Balaban J connectivity index is 2.05. The van der Waals surface area contributed by atoms with Crippen molar-refractivity contribution in [1.82, 2.24) is 4.40 Å². The fourth-order valence-corrected chi connectivity index (χ4v) is 5.19. The van der Waals surface area contributed by atoms with Gasteiger partial charge in [-0.3, -0.25) is 0 Å². The summed E-state index contributed by atoms with van der Waals surface area (Å²) in [7, 11) is 2.15. The van der Waals surface area contributed by atoms with Gasteiger partial charge < -0.3 is 8.82 Å². The van der Waals surface area contributed by atoms with Crippen LogP contribution in [0.5, 0.6) is 0 Å². The lowest BCUT2D eigenvalue weighted by Gasteiger charge is -2.13. The maximum absolute atomic E-state index is 5.82. The van der Waals surface area contributed by atoms with Gasteiger partial charge in [-0.05, 0) is 36.1 Å². The Hall–Kier alpha value is -3.59. The smallest absolute Gasteiger partial charge is 0.224 e. The number of furan rings is 1. The maximum atomic E-state index is 5.82. The second-order valence-corrected chi connectivity index (χ2v) is 7.80. The average Bonchev–Trinajstić information content (AvgIpc) is 3.31. The van der Waals surface area contributed by atoms with Crippen molar-refractivity contribution in [1.29, 1.82) is 0 Å². The van der Waals surface area contributed by atoms with E-state index >= 15 is 0 Å². The van der Waals surface area contributed by atoms with Gasteiger partial charge in [0.15, 0.2) is 6.20 Å². The molecule has 3 nitrogen and oxygen atoms in total. The summed E-state index contributed by atoms with van der Waals surface area (Å²) in [4.78, 5) is 0. The second kappa shape index (κ2) is 4.63. The standard InChI is InChI=1S/C25H17N2O/c1-14-13-20-18(10-12-28-20)24-21(14)25-22-15(9-11-26(25)2)7-8-17-16-5-3-4-6-19(16)27(24)23(17)22/h3-13H,1-2H3/q+1. The third-order valence-corrected chi connectivity index (χ3v) is 6.33. The van der Waals surface area contributed by atoms with Crippen LogP contribution in [-0.2, 0) is 7.05 Å².